The maximum atomic E-state index is 10.2. The highest BCUT2D eigenvalue weighted by Gasteiger charge is 2.52. The Labute approximate surface area is 175 Å². The van der Waals surface area contributed by atoms with Crippen LogP contribution < -0.4 is 0 Å². The van der Waals surface area contributed by atoms with E-state index in [1.165, 1.54) is 4.90 Å². The molecular formula is C25H33NOS. The first kappa shape index (κ1) is 22.5. The Hall–Kier alpha value is -1.76. The topological polar surface area (TPSA) is 44.0 Å². The molecule has 0 bridgehead atoms. The lowest BCUT2D eigenvalue weighted by molar-refractivity contribution is 0.0165. The highest BCUT2D eigenvalue weighted by Crippen LogP contribution is 2.57. The minimum absolute atomic E-state index is 0.115. The molecule has 2 rings (SSSR count). The monoisotopic (exact) mass is 395 g/mol. The van der Waals surface area contributed by atoms with Gasteiger partial charge < -0.3 is 5.11 Å². The number of aliphatic hydroxyl groups excluding tert-OH is 1. The van der Waals surface area contributed by atoms with Crippen molar-refractivity contribution in [2.75, 3.05) is 0 Å². The van der Waals surface area contributed by atoms with Crippen molar-refractivity contribution in [3.8, 4) is 6.07 Å². The van der Waals surface area contributed by atoms with Gasteiger partial charge in [0.05, 0.1) is 17.6 Å². The second-order valence-electron chi connectivity index (χ2n) is 8.26. The smallest absolute Gasteiger partial charge is 0.0793 e. The number of allylic oxidation sites excluding steroid dienone is 4. The molecule has 0 amide bonds. The normalized spacial score (nSPS) is 31.7. The molecule has 3 heteroatoms. The number of rotatable bonds is 8. The third kappa shape index (κ3) is 5.19. The van der Waals surface area contributed by atoms with Crippen molar-refractivity contribution in [1.29, 1.82) is 5.26 Å². The first-order valence-corrected chi connectivity index (χ1v) is 11.0. The van der Waals surface area contributed by atoms with Gasteiger partial charge in [0, 0.05) is 4.90 Å². The highest BCUT2D eigenvalue weighted by molar-refractivity contribution is 8.02. The largest absolute Gasteiger partial charge is 0.393 e. The van der Waals surface area contributed by atoms with Crippen LogP contribution in [0.15, 0.2) is 71.5 Å². The van der Waals surface area contributed by atoms with Gasteiger partial charge in [-0.1, -0.05) is 68.1 Å². The molecule has 5 atom stereocenters. The van der Waals surface area contributed by atoms with Gasteiger partial charge in [-0.05, 0) is 67.4 Å². The summed E-state index contributed by atoms with van der Waals surface area (Å²) in [6.45, 7) is 10.4. The van der Waals surface area contributed by atoms with Crippen molar-refractivity contribution in [1.82, 2.24) is 0 Å². The molecule has 1 aromatic rings. The van der Waals surface area contributed by atoms with Crippen molar-refractivity contribution < 1.29 is 5.11 Å². The quantitative estimate of drug-likeness (QED) is 0.300. The second-order valence-corrected chi connectivity index (χ2v) is 9.24. The van der Waals surface area contributed by atoms with Gasteiger partial charge in [-0.2, -0.15) is 5.26 Å². The van der Waals surface area contributed by atoms with Crippen LogP contribution in [0.1, 0.15) is 46.5 Å². The standard InChI is InChI=1S/C25H33NOS/c1-5-24(4)20(2)15-17-25(19-26,23(24)14-13-21(3)27)16-9-10-18-28-22-11-7-6-8-12-22/h5-12,16,18,20-21,23,27H,1,13-15,17H2,2-4H3/b16-9+,18-10-/t20-,21?,23-,24+,25-/m1/s1. The van der Waals surface area contributed by atoms with Crippen LogP contribution in [0.3, 0.4) is 0 Å². The summed E-state index contributed by atoms with van der Waals surface area (Å²) >= 11 is 1.67. The zero-order chi connectivity index (χ0) is 20.6. The van der Waals surface area contributed by atoms with E-state index in [2.05, 4.69) is 50.1 Å². The van der Waals surface area contributed by atoms with Gasteiger partial charge in [0.15, 0.2) is 0 Å². The molecule has 1 aliphatic rings. The first-order valence-electron chi connectivity index (χ1n) is 10.2. The zero-order valence-electron chi connectivity index (χ0n) is 17.3. The lowest BCUT2D eigenvalue weighted by Gasteiger charge is -2.52. The van der Waals surface area contributed by atoms with E-state index in [1.54, 1.807) is 11.8 Å². The van der Waals surface area contributed by atoms with E-state index in [9.17, 15) is 10.4 Å². The van der Waals surface area contributed by atoms with Crippen LogP contribution in [-0.4, -0.2) is 11.2 Å². The third-order valence-corrected chi connectivity index (χ3v) is 7.31. The molecule has 0 radical (unpaired) electrons. The summed E-state index contributed by atoms with van der Waals surface area (Å²) in [6, 6.07) is 12.9. The van der Waals surface area contributed by atoms with Crippen molar-refractivity contribution in [2.24, 2.45) is 22.7 Å². The molecule has 0 aromatic heterocycles. The SMILES string of the molecule is C=C[C@@]1(C)[C@H](C)CC[C@@](C#N)(/C=C/C=C\Sc2ccccc2)[C@@H]1CCC(C)O. The third-order valence-electron chi connectivity index (χ3n) is 6.48. The zero-order valence-corrected chi connectivity index (χ0v) is 18.2. The van der Waals surface area contributed by atoms with Crippen molar-refractivity contribution in [2.45, 2.75) is 57.5 Å². The second kappa shape index (κ2) is 10.1. The molecule has 1 saturated carbocycles. The van der Waals surface area contributed by atoms with Crippen molar-refractivity contribution >= 4 is 11.8 Å². The Morgan fingerprint density at radius 2 is 2.07 bits per heavy atom. The van der Waals surface area contributed by atoms with Gasteiger partial charge in [0.1, 0.15) is 0 Å². The molecule has 0 saturated heterocycles. The van der Waals surface area contributed by atoms with Gasteiger partial charge in [0.2, 0.25) is 0 Å². The summed E-state index contributed by atoms with van der Waals surface area (Å²) in [4.78, 5) is 1.20. The molecule has 150 valence electrons. The number of nitrogens with zero attached hydrogens (tertiary/aromatic N) is 1. The van der Waals surface area contributed by atoms with E-state index in [-0.39, 0.29) is 17.4 Å². The molecule has 0 heterocycles. The molecule has 2 nitrogen and oxygen atoms in total. The molecule has 1 aliphatic carbocycles. The van der Waals surface area contributed by atoms with Gasteiger partial charge in [0.25, 0.3) is 0 Å². The van der Waals surface area contributed by atoms with Crippen molar-refractivity contribution in [3.05, 3.63) is 66.6 Å². The average molecular weight is 396 g/mol. The summed E-state index contributed by atoms with van der Waals surface area (Å²) in [5.74, 6) is 0.621. The fourth-order valence-electron chi connectivity index (χ4n) is 4.42. The first-order chi connectivity index (χ1) is 13.4. The predicted molar refractivity (Wildman–Crippen MR) is 120 cm³/mol. The number of aliphatic hydroxyl groups is 1. The van der Waals surface area contributed by atoms with E-state index < -0.39 is 5.41 Å². The minimum Gasteiger partial charge on any atom is -0.393 e. The van der Waals surface area contributed by atoms with Crippen LogP contribution >= 0.6 is 11.8 Å². The molecular weight excluding hydrogens is 362 g/mol. The Bertz CT molecular complexity index is 733. The Balaban J connectivity index is 2.22. The minimum atomic E-state index is -0.522. The van der Waals surface area contributed by atoms with Gasteiger partial charge in [-0.15, -0.1) is 6.58 Å². The number of hydrogen-bond acceptors (Lipinski definition) is 3. The lowest BCUT2D eigenvalue weighted by Crippen LogP contribution is -2.47. The Kier molecular flexibility index (Phi) is 8.16. The summed E-state index contributed by atoms with van der Waals surface area (Å²) in [5.41, 5.74) is -0.637. The molecule has 1 fully saturated rings. The van der Waals surface area contributed by atoms with E-state index in [0.717, 1.165) is 19.3 Å². The van der Waals surface area contributed by atoms with Crippen LogP contribution in [0.4, 0.5) is 0 Å². The summed E-state index contributed by atoms with van der Waals surface area (Å²) < 4.78 is 0. The summed E-state index contributed by atoms with van der Waals surface area (Å²) in [5, 5.41) is 22.1. The van der Waals surface area contributed by atoms with E-state index in [0.29, 0.717) is 12.3 Å². The average Bonchev–Trinajstić information content (AvgIpc) is 2.70. The number of benzene rings is 1. The maximum Gasteiger partial charge on any atom is 0.0793 e. The molecule has 0 spiro atoms. The van der Waals surface area contributed by atoms with Gasteiger partial charge in [-0.25, -0.2) is 0 Å². The van der Waals surface area contributed by atoms with Crippen LogP contribution in [0.2, 0.25) is 0 Å². The van der Waals surface area contributed by atoms with E-state index >= 15 is 0 Å². The fourth-order valence-corrected chi connectivity index (χ4v) is 5.06. The van der Waals surface area contributed by atoms with E-state index in [4.69, 9.17) is 0 Å². The Morgan fingerprint density at radius 1 is 1.36 bits per heavy atom. The predicted octanol–water partition coefficient (Wildman–Crippen LogP) is 6.76. The Morgan fingerprint density at radius 3 is 2.68 bits per heavy atom. The number of hydrogen-bond donors (Lipinski definition) is 1. The van der Waals surface area contributed by atoms with Crippen LogP contribution in [0.25, 0.3) is 0 Å². The van der Waals surface area contributed by atoms with Crippen LogP contribution in [0.5, 0.6) is 0 Å². The highest BCUT2D eigenvalue weighted by atomic mass is 32.2. The van der Waals surface area contributed by atoms with Gasteiger partial charge in [-0.3, -0.25) is 0 Å². The van der Waals surface area contributed by atoms with Crippen LogP contribution in [0, 0.1) is 34.0 Å². The number of thioether (sulfide) groups is 1. The molecule has 1 N–H and O–H groups in total. The number of nitriles is 1. The molecule has 1 aromatic carbocycles. The van der Waals surface area contributed by atoms with Crippen molar-refractivity contribution in [3.63, 3.8) is 0 Å². The molecule has 0 aliphatic heterocycles. The molecule has 1 unspecified atom stereocenters. The maximum absolute atomic E-state index is 10.2. The van der Waals surface area contributed by atoms with E-state index in [1.807, 2.05) is 43.4 Å². The van der Waals surface area contributed by atoms with Crippen LogP contribution in [-0.2, 0) is 0 Å². The summed E-state index contributed by atoms with van der Waals surface area (Å²) in [7, 11) is 0. The molecule has 28 heavy (non-hydrogen) atoms. The fraction of sp³-hybridized carbons (Fsp3) is 0.480. The summed E-state index contributed by atoms with van der Waals surface area (Å²) in [6.07, 6.45) is 11.2. The van der Waals surface area contributed by atoms with Gasteiger partial charge >= 0.3 is 0 Å². The lowest BCUT2D eigenvalue weighted by atomic mass is 9.50.